The van der Waals surface area contributed by atoms with E-state index in [9.17, 15) is 25.2 Å². The fraction of sp³-hybridized carbons (Fsp3) is 1.00. The number of rotatable bonds is 9. The zero-order valence-corrected chi connectivity index (χ0v) is 12.6. The monoisotopic (exact) mass is 317 g/mol. The van der Waals surface area contributed by atoms with Crippen molar-refractivity contribution in [2.75, 3.05) is 13.6 Å². The van der Waals surface area contributed by atoms with Gasteiger partial charge < -0.3 is 5.32 Å². The molecule has 1 nitrogen and oxygen atoms in total. The molecule has 0 saturated heterocycles. The van der Waals surface area contributed by atoms with Crippen LogP contribution in [0.1, 0.15) is 58.3 Å². The molecule has 0 saturated carbocycles. The van der Waals surface area contributed by atoms with Crippen LogP contribution in [-0.4, -0.2) is 13.6 Å². The Morgan fingerprint density at radius 2 is 1.00 bits per heavy atom. The summed E-state index contributed by atoms with van der Waals surface area (Å²) >= 11 is 0. The fourth-order valence-electron chi connectivity index (χ4n) is 1.48. The normalized spacial score (nSPS) is 15.2. The van der Waals surface area contributed by atoms with Crippen molar-refractivity contribution in [3.63, 3.8) is 0 Å². The molecule has 0 amide bonds. The molecule has 0 rings (SSSR count). The molecule has 0 bridgehead atoms. The van der Waals surface area contributed by atoms with Crippen LogP contribution < -0.4 is 5.32 Å². The van der Waals surface area contributed by atoms with Crippen molar-refractivity contribution >= 4 is 7.81 Å². The van der Waals surface area contributed by atoms with Gasteiger partial charge in [-0.15, -0.1) is 0 Å². The Morgan fingerprint density at radius 3 is 1.32 bits per heavy atom. The van der Waals surface area contributed by atoms with E-state index < -0.39 is 7.81 Å². The van der Waals surface area contributed by atoms with Crippen molar-refractivity contribution in [3.05, 3.63) is 0 Å². The predicted molar refractivity (Wildman–Crippen MR) is 68.9 cm³/mol. The molecule has 0 aliphatic heterocycles. The third kappa shape index (κ3) is 57.0. The van der Waals surface area contributed by atoms with Gasteiger partial charge in [-0.2, -0.15) is 0 Å². The molecule has 0 aromatic heterocycles. The Labute approximate surface area is 111 Å². The van der Waals surface area contributed by atoms with Crippen LogP contribution in [0.15, 0.2) is 0 Å². The standard InChI is InChI=1S/C11H25N.F6P/c1-3-4-5-6-7-8-9-10-11-12-2;1-7(2,3,4,5)6/h12H,3-11H2,1-2H3;/q;-1/p+1. The summed E-state index contributed by atoms with van der Waals surface area (Å²) in [6, 6.07) is 0. The van der Waals surface area contributed by atoms with E-state index >= 15 is 0 Å². The molecule has 0 fully saturated rings. The van der Waals surface area contributed by atoms with Crippen molar-refractivity contribution in [2.24, 2.45) is 0 Å². The first-order chi connectivity index (χ1) is 8.36. The van der Waals surface area contributed by atoms with Crippen LogP contribution in [0.4, 0.5) is 25.2 Å². The molecule has 0 aliphatic carbocycles. The Balaban J connectivity index is 0. The van der Waals surface area contributed by atoms with E-state index in [4.69, 9.17) is 0 Å². The van der Waals surface area contributed by atoms with Gasteiger partial charge in [-0.25, -0.2) is 0 Å². The van der Waals surface area contributed by atoms with E-state index in [1.54, 1.807) is 0 Å². The maximum atomic E-state index is 9.87. The Hall–Kier alpha value is -0.0300. The van der Waals surface area contributed by atoms with Crippen LogP contribution in [0.3, 0.4) is 0 Å². The van der Waals surface area contributed by atoms with Crippen molar-refractivity contribution in [3.8, 4) is 0 Å². The molecule has 0 spiro atoms. The molecule has 0 heterocycles. The summed E-state index contributed by atoms with van der Waals surface area (Å²) in [7, 11) is -8.50. The molecule has 8 heteroatoms. The molecule has 0 unspecified atom stereocenters. The Kier molecular flexibility index (Phi) is 9.29. The van der Waals surface area contributed by atoms with Crippen molar-refractivity contribution in [1.29, 1.82) is 0 Å². The number of quaternary nitrogens is 1. The first-order valence-electron chi connectivity index (χ1n) is 6.71. The third-order valence-electron chi connectivity index (χ3n) is 2.35. The van der Waals surface area contributed by atoms with Gasteiger partial charge >= 0.3 is 33.0 Å². The predicted octanol–water partition coefficient (Wildman–Crippen LogP) is 5.70. The summed E-state index contributed by atoms with van der Waals surface area (Å²) < 4.78 is 59.2. The molecule has 0 aromatic carbocycles. The second kappa shape index (κ2) is 8.30. The second-order valence-electron chi connectivity index (χ2n) is 4.63. The topological polar surface area (TPSA) is 16.6 Å². The number of hydrogen-bond acceptors (Lipinski definition) is 0. The van der Waals surface area contributed by atoms with Gasteiger partial charge in [0.15, 0.2) is 0 Å². The van der Waals surface area contributed by atoms with Crippen LogP contribution in [0.25, 0.3) is 0 Å². The van der Waals surface area contributed by atoms with Gasteiger partial charge in [-0.1, -0.05) is 45.4 Å². The number of halogens is 6. The Morgan fingerprint density at radius 1 is 0.684 bits per heavy atom. The second-order valence-corrected chi connectivity index (χ2v) is 6.55. The summed E-state index contributed by atoms with van der Waals surface area (Å²) in [6.45, 7) is 3.59. The van der Waals surface area contributed by atoms with Crippen molar-refractivity contribution < 1.29 is 30.5 Å². The van der Waals surface area contributed by atoms with Crippen LogP contribution >= 0.6 is 7.81 Å². The van der Waals surface area contributed by atoms with Gasteiger partial charge in [0.2, 0.25) is 0 Å². The first-order valence-corrected chi connectivity index (χ1v) is 8.74. The van der Waals surface area contributed by atoms with Crippen LogP contribution in [0.5, 0.6) is 0 Å². The molecule has 0 radical (unpaired) electrons. The zero-order valence-electron chi connectivity index (χ0n) is 11.7. The minimum absolute atomic E-state index is 1.31. The van der Waals surface area contributed by atoms with E-state index in [0.717, 1.165) is 0 Å². The number of unbranched alkanes of at least 4 members (excludes halogenated alkanes) is 7. The summed E-state index contributed by atoms with van der Waals surface area (Å²) in [6.07, 6.45) is 11.5. The van der Waals surface area contributed by atoms with Crippen molar-refractivity contribution in [1.82, 2.24) is 0 Å². The summed E-state index contributed by atoms with van der Waals surface area (Å²) in [5.74, 6) is 0. The quantitative estimate of drug-likeness (QED) is 0.319. The van der Waals surface area contributed by atoms with Crippen molar-refractivity contribution in [2.45, 2.75) is 58.3 Å². The molecule has 0 aromatic rings. The molecule has 2 N–H and O–H groups in total. The van der Waals surface area contributed by atoms with Gasteiger partial charge in [0, 0.05) is 0 Å². The van der Waals surface area contributed by atoms with Gasteiger partial charge in [-0.05, 0) is 12.8 Å². The maximum absolute atomic E-state index is 10.7. The van der Waals surface area contributed by atoms with E-state index in [1.807, 2.05) is 0 Å². The van der Waals surface area contributed by atoms with E-state index in [2.05, 4.69) is 19.3 Å². The average Bonchev–Trinajstić information content (AvgIpc) is 2.17. The Bertz CT molecular complexity index is 191. The molecule has 19 heavy (non-hydrogen) atoms. The SMILES string of the molecule is CCCCCCCCCC[NH2+]C.F[P-](F)(F)(F)(F)F. The molecule has 0 atom stereocenters. The van der Waals surface area contributed by atoms with Gasteiger partial charge in [0.05, 0.1) is 13.6 Å². The van der Waals surface area contributed by atoms with E-state index in [-0.39, 0.29) is 0 Å². The zero-order chi connectivity index (χ0) is 15.5. The van der Waals surface area contributed by atoms with Gasteiger partial charge in [-0.3, -0.25) is 0 Å². The molecule has 0 aliphatic rings. The first kappa shape index (κ1) is 21.3. The van der Waals surface area contributed by atoms with E-state index in [1.165, 1.54) is 57.9 Å². The summed E-state index contributed by atoms with van der Waals surface area (Å²) in [4.78, 5) is 0. The summed E-state index contributed by atoms with van der Waals surface area (Å²) in [5.41, 5.74) is 0. The number of nitrogens with two attached hydrogens (primary N) is 1. The third-order valence-corrected chi connectivity index (χ3v) is 2.35. The average molecular weight is 317 g/mol. The van der Waals surface area contributed by atoms with Gasteiger partial charge in [0.1, 0.15) is 0 Å². The van der Waals surface area contributed by atoms with Crippen LogP contribution in [0.2, 0.25) is 0 Å². The fourth-order valence-corrected chi connectivity index (χ4v) is 1.48. The van der Waals surface area contributed by atoms with Crippen LogP contribution in [-0.2, 0) is 0 Å². The van der Waals surface area contributed by atoms with Crippen LogP contribution in [0, 0.1) is 0 Å². The molecular weight excluding hydrogens is 291 g/mol. The minimum atomic E-state index is -10.7. The van der Waals surface area contributed by atoms with E-state index in [0.29, 0.717) is 0 Å². The summed E-state index contributed by atoms with van der Waals surface area (Å²) in [5, 5.41) is 2.27. The number of hydrogen-bond donors (Lipinski definition) is 1. The van der Waals surface area contributed by atoms with Gasteiger partial charge in [0.25, 0.3) is 0 Å². The molecular formula is C11H26F6NP. The molecule has 122 valence electrons.